The molecule has 156 valence electrons. The van der Waals surface area contributed by atoms with Crippen molar-refractivity contribution in [3.63, 3.8) is 0 Å². The van der Waals surface area contributed by atoms with Crippen molar-refractivity contribution in [3.8, 4) is 0 Å². The highest BCUT2D eigenvalue weighted by Gasteiger charge is 2.00. The number of hydrogen-bond acceptors (Lipinski definition) is 2. The summed E-state index contributed by atoms with van der Waals surface area (Å²) >= 11 is 0. The summed E-state index contributed by atoms with van der Waals surface area (Å²) in [5.74, 6) is -0.0517. The van der Waals surface area contributed by atoms with E-state index in [-0.39, 0.29) is 5.82 Å². The smallest absolute Gasteiger partial charge is 0.126 e. The molecule has 0 heterocycles. The van der Waals surface area contributed by atoms with Gasteiger partial charge in [-0.25, -0.2) is 4.39 Å². The molecule has 0 radical (unpaired) electrons. The molecule has 27 heavy (non-hydrogen) atoms. The molecule has 0 atom stereocenters. The van der Waals surface area contributed by atoms with E-state index in [4.69, 9.17) is 9.47 Å². The molecule has 0 bridgehead atoms. The molecule has 0 N–H and O–H groups in total. The molecule has 1 aromatic rings. The highest BCUT2D eigenvalue weighted by Crippen LogP contribution is 2.14. The molecule has 0 unspecified atom stereocenters. The van der Waals surface area contributed by atoms with Crippen LogP contribution in [0.15, 0.2) is 24.3 Å². The standard InChI is InChI=1S/C24H41FO2/c1-22(2)27-21-20-26-19-15-11-9-7-5-3-4-6-8-10-12-16-23-17-13-14-18-24(23)25/h13-14,17-18,22H,3-12,15-16,19-21H2,1-2H3. The lowest BCUT2D eigenvalue weighted by Gasteiger charge is -2.08. The highest BCUT2D eigenvalue weighted by atomic mass is 19.1. The Hall–Kier alpha value is -0.930. The first-order valence-corrected chi connectivity index (χ1v) is 11.1. The van der Waals surface area contributed by atoms with Crippen LogP contribution in [0.1, 0.15) is 90.0 Å². The quantitative estimate of drug-likeness (QED) is 0.253. The minimum atomic E-state index is -0.0517. The van der Waals surface area contributed by atoms with Crippen molar-refractivity contribution >= 4 is 0 Å². The molecule has 0 saturated heterocycles. The van der Waals surface area contributed by atoms with Gasteiger partial charge in [-0.05, 0) is 44.7 Å². The molecule has 0 saturated carbocycles. The summed E-state index contributed by atoms with van der Waals surface area (Å²) in [5.41, 5.74) is 0.867. The van der Waals surface area contributed by atoms with Gasteiger partial charge in [-0.3, -0.25) is 0 Å². The Morgan fingerprint density at radius 1 is 0.704 bits per heavy atom. The zero-order valence-corrected chi connectivity index (χ0v) is 17.7. The van der Waals surface area contributed by atoms with Crippen LogP contribution in [-0.4, -0.2) is 25.9 Å². The van der Waals surface area contributed by atoms with Crippen LogP contribution < -0.4 is 0 Å². The second-order valence-corrected chi connectivity index (χ2v) is 7.76. The molecule has 0 amide bonds. The Bertz CT molecular complexity index is 448. The van der Waals surface area contributed by atoms with Crippen molar-refractivity contribution < 1.29 is 13.9 Å². The van der Waals surface area contributed by atoms with Crippen LogP contribution in [0.2, 0.25) is 0 Å². The summed E-state index contributed by atoms with van der Waals surface area (Å²) in [4.78, 5) is 0. The van der Waals surface area contributed by atoms with E-state index in [2.05, 4.69) is 0 Å². The topological polar surface area (TPSA) is 18.5 Å². The van der Waals surface area contributed by atoms with Crippen molar-refractivity contribution in [1.82, 2.24) is 0 Å². The summed E-state index contributed by atoms with van der Waals surface area (Å²) < 4.78 is 24.5. The zero-order valence-electron chi connectivity index (χ0n) is 17.7. The first-order valence-electron chi connectivity index (χ1n) is 11.1. The predicted molar refractivity (Wildman–Crippen MR) is 113 cm³/mol. The number of unbranched alkanes of at least 4 members (excludes halogenated alkanes) is 10. The van der Waals surface area contributed by atoms with Crippen LogP contribution >= 0.6 is 0 Å². The van der Waals surface area contributed by atoms with Gasteiger partial charge in [0, 0.05) is 6.61 Å². The number of rotatable bonds is 18. The van der Waals surface area contributed by atoms with E-state index in [9.17, 15) is 4.39 Å². The van der Waals surface area contributed by atoms with Gasteiger partial charge >= 0.3 is 0 Å². The van der Waals surface area contributed by atoms with E-state index in [0.29, 0.717) is 12.7 Å². The van der Waals surface area contributed by atoms with E-state index in [1.807, 2.05) is 26.0 Å². The van der Waals surface area contributed by atoms with Crippen molar-refractivity contribution in [1.29, 1.82) is 0 Å². The van der Waals surface area contributed by atoms with Crippen LogP contribution in [-0.2, 0) is 15.9 Å². The van der Waals surface area contributed by atoms with Crippen LogP contribution in [0.5, 0.6) is 0 Å². The Labute approximate surface area is 166 Å². The lowest BCUT2D eigenvalue weighted by atomic mass is 10.0. The second kappa shape index (κ2) is 17.2. The molecule has 2 nitrogen and oxygen atoms in total. The zero-order chi connectivity index (χ0) is 19.6. The van der Waals surface area contributed by atoms with E-state index >= 15 is 0 Å². The minimum Gasteiger partial charge on any atom is -0.379 e. The van der Waals surface area contributed by atoms with Gasteiger partial charge in [0.2, 0.25) is 0 Å². The average molecular weight is 381 g/mol. The van der Waals surface area contributed by atoms with Gasteiger partial charge < -0.3 is 9.47 Å². The molecule has 0 aliphatic rings. The third-order valence-electron chi connectivity index (χ3n) is 4.87. The van der Waals surface area contributed by atoms with Gasteiger partial charge in [-0.1, -0.05) is 76.0 Å². The molecule has 0 aliphatic carbocycles. The fourth-order valence-electron chi connectivity index (χ4n) is 3.26. The summed E-state index contributed by atoms with van der Waals surface area (Å²) in [7, 11) is 0. The average Bonchev–Trinajstić information content (AvgIpc) is 2.65. The lowest BCUT2D eigenvalue weighted by Crippen LogP contribution is -2.10. The molecular formula is C24H41FO2. The maximum absolute atomic E-state index is 13.5. The van der Waals surface area contributed by atoms with E-state index in [1.165, 1.54) is 64.2 Å². The van der Waals surface area contributed by atoms with Gasteiger partial charge in [0.25, 0.3) is 0 Å². The van der Waals surface area contributed by atoms with Gasteiger partial charge in [-0.15, -0.1) is 0 Å². The van der Waals surface area contributed by atoms with Crippen molar-refractivity contribution in [3.05, 3.63) is 35.6 Å². The Morgan fingerprint density at radius 3 is 1.85 bits per heavy atom. The molecule has 0 aromatic heterocycles. The van der Waals surface area contributed by atoms with Gasteiger partial charge in [-0.2, -0.15) is 0 Å². The molecule has 3 heteroatoms. The molecule has 1 rings (SSSR count). The Morgan fingerprint density at radius 2 is 1.26 bits per heavy atom. The number of ether oxygens (including phenoxy) is 2. The minimum absolute atomic E-state index is 0.0517. The summed E-state index contributed by atoms with van der Waals surface area (Å²) in [6, 6.07) is 7.15. The first-order chi connectivity index (χ1) is 13.2. The van der Waals surface area contributed by atoms with E-state index < -0.39 is 0 Å². The highest BCUT2D eigenvalue weighted by molar-refractivity contribution is 5.17. The molecule has 0 spiro atoms. The van der Waals surface area contributed by atoms with E-state index in [0.717, 1.165) is 31.6 Å². The molecular weight excluding hydrogens is 339 g/mol. The number of halogens is 1. The SMILES string of the molecule is CC(C)OCCOCCCCCCCCCCCCCc1ccccc1F. The van der Waals surface area contributed by atoms with Crippen molar-refractivity contribution in [2.24, 2.45) is 0 Å². The fraction of sp³-hybridized carbons (Fsp3) is 0.750. The van der Waals surface area contributed by atoms with Crippen LogP contribution in [0.25, 0.3) is 0 Å². The molecule has 1 aromatic carbocycles. The number of hydrogen-bond donors (Lipinski definition) is 0. The van der Waals surface area contributed by atoms with Gasteiger partial charge in [0.05, 0.1) is 19.3 Å². The third-order valence-corrected chi connectivity index (χ3v) is 4.87. The molecule has 0 aliphatic heterocycles. The summed E-state index contributed by atoms with van der Waals surface area (Å²) in [5, 5.41) is 0. The number of benzene rings is 1. The predicted octanol–water partition coefficient (Wildman–Crippen LogP) is 7.10. The van der Waals surface area contributed by atoms with Crippen LogP contribution in [0.4, 0.5) is 4.39 Å². The second-order valence-electron chi connectivity index (χ2n) is 7.76. The third kappa shape index (κ3) is 14.8. The fourth-order valence-corrected chi connectivity index (χ4v) is 3.26. The normalized spacial score (nSPS) is 11.4. The lowest BCUT2D eigenvalue weighted by molar-refractivity contribution is 0.0186. The van der Waals surface area contributed by atoms with Gasteiger partial charge in [0.15, 0.2) is 0 Å². The maximum atomic E-state index is 13.5. The monoisotopic (exact) mass is 380 g/mol. The number of aryl methyl sites for hydroxylation is 1. The van der Waals surface area contributed by atoms with Crippen molar-refractivity contribution in [2.45, 2.75) is 97.0 Å². The van der Waals surface area contributed by atoms with Crippen LogP contribution in [0.3, 0.4) is 0 Å². The summed E-state index contributed by atoms with van der Waals surface area (Å²) in [6.45, 7) is 6.40. The van der Waals surface area contributed by atoms with E-state index in [1.54, 1.807) is 12.1 Å². The molecule has 0 fully saturated rings. The van der Waals surface area contributed by atoms with Crippen molar-refractivity contribution in [2.75, 3.05) is 19.8 Å². The maximum Gasteiger partial charge on any atom is 0.126 e. The first kappa shape index (κ1) is 24.1. The largest absolute Gasteiger partial charge is 0.379 e. The Balaban J connectivity index is 1.74. The van der Waals surface area contributed by atoms with Crippen LogP contribution in [0, 0.1) is 5.82 Å². The summed E-state index contributed by atoms with van der Waals surface area (Å²) in [6.07, 6.45) is 15.3. The Kier molecular flexibility index (Phi) is 15.3. The van der Waals surface area contributed by atoms with Gasteiger partial charge in [0.1, 0.15) is 5.82 Å².